The number of nitrogens with zero attached hydrogens (tertiary/aromatic N) is 5. The predicted octanol–water partition coefficient (Wildman–Crippen LogP) is 4.45. The number of nitrogens with one attached hydrogen (secondary N) is 1. The predicted molar refractivity (Wildman–Crippen MR) is 137 cm³/mol. The number of oxazole rings is 1. The van der Waals surface area contributed by atoms with Gasteiger partial charge in [-0.1, -0.05) is 0 Å². The van der Waals surface area contributed by atoms with Crippen molar-refractivity contribution in [3.8, 4) is 11.5 Å². The first kappa shape index (κ1) is 25.9. The van der Waals surface area contributed by atoms with E-state index >= 15 is 0 Å². The number of imidazole rings is 1. The number of carbonyl (C=O) groups is 1. The fourth-order valence-electron chi connectivity index (χ4n) is 4.56. The molecule has 11 heteroatoms. The van der Waals surface area contributed by atoms with Gasteiger partial charge in [-0.05, 0) is 39.0 Å². The molecule has 0 aromatic carbocycles. The lowest BCUT2D eigenvalue weighted by Crippen LogP contribution is -2.40. The summed E-state index contributed by atoms with van der Waals surface area (Å²) in [5, 5.41) is 13.7. The Morgan fingerprint density at radius 1 is 1.21 bits per heavy atom. The lowest BCUT2D eigenvalue weighted by Gasteiger charge is -2.31. The van der Waals surface area contributed by atoms with Gasteiger partial charge >= 0.3 is 0 Å². The lowest BCUT2D eigenvalue weighted by molar-refractivity contribution is -0.0548. The number of anilines is 1. The van der Waals surface area contributed by atoms with E-state index in [1.165, 1.54) is 6.26 Å². The van der Waals surface area contributed by atoms with Gasteiger partial charge in [0.25, 0.3) is 11.8 Å². The minimum absolute atomic E-state index is 0.0923. The van der Waals surface area contributed by atoms with Gasteiger partial charge in [-0.25, -0.2) is 18.7 Å². The fraction of sp³-hybridized carbons (Fsp3) is 0.407. The number of halogens is 2. The molecule has 0 unspecified atom stereocenters. The van der Waals surface area contributed by atoms with E-state index in [-0.39, 0.29) is 18.5 Å². The highest BCUT2D eigenvalue weighted by Crippen LogP contribution is 2.31. The molecule has 1 saturated heterocycles. The molecule has 200 valence electrons. The van der Waals surface area contributed by atoms with Crippen LogP contribution in [0.1, 0.15) is 54.1 Å². The van der Waals surface area contributed by atoms with Crippen LogP contribution in [-0.2, 0) is 12.0 Å². The molecule has 0 bridgehead atoms. The Hall–Kier alpha value is -3.70. The molecular weight excluding hydrogens is 494 g/mol. The molecule has 0 radical (unpaired) electrons. The molecule has 0 aliphatic carbocycles. The molecule has 4 aromatic rings. The molecular formula is C27H30F2N6O3. The number of carbonyl (C=O) groups excluding carboxylic acids is 1. The van der Waals surface area contributed by atoms with Crippen LogP contribution >= 0.6 is 0 Å². The first-order valence-electron chi connectivity index (χ1n) is 12.5. The van der Waals surface area contributed by atoms with E-state index in [1.807, 2.05) is 24.1 Å². The van der Waals surface area contributed by atoms with Crippen molar-refractivity contribution in [2.45, 2.75) is 51.6 Å². The number of rotatable bonds is 7. The maximum Gasteiger partial charge on any atom is 0.277 e. The number of fused-ring (bicyclic) bond motifs is 1. The van der Waals surface area contributed by atoms with Crippen LogP contribution in [0.15, 0.2) is 47.5 Å². The summed E-state index contributed by atoms with van der Waals surface area (Å²) in [6.45, 7) is 6.47. The van der Waals surface area contributed by atoms with Crippen molar-refractivity contribution >= 4 is 17.2 Å². The van der Waals surface area contributed by atoms with Gasteiger partial charge < -0.3 is 24.1 Å². The van der Waals surface area contributed by atoms with Crippen LogP contribution in [-0.4, -0.2) is 60.8 Å². The Morgan fingerprint density at radius 3 is 2.68 bits per heavy atom. The molecule has 1 aliphatic heterocycles. The monoisotopic (exact) mass is 524 g/mol. The van der Waals surface area contributed by atoms with Crippen molar-refractivity contribution in [2.24, 2.45) is 0 Å². The number of aliphatic hydroxyl groups is 1. The number of aromatic nitrogens is 4. The third-order valence-electron chi connectivity index (χ3n) is 6.70. The second-order valence-electron chi connectivity index (χ2n) is 10.3. The highest BCUT2D eigenvalue weighted by Gasteiger charge is 2.33. The standard InChI is InChI=1S/C27H30F2N6O3/c1-17-12-18(4-8-30-17)25-33-22(16-38-25)24(36)32-21-15-35-14-19(31-23(35)13-20(21)26(2,3)37)5-9-34-10-6-27(28,29)7-11-34/h4,8,12-16,37H,5-7,9-11H2,1-3H3,(H,32,36). The smallest absolute Gasteiger partial charge is 0.277 e. The molecule has 38 heavy (non-hydrogen) atoms. The van der Waals surface area contributed by atoms with E-state index < -0.39 is 17.4 Å². The Kier molecular flexibility index (Phi) is 6.74. The van der Waals surface area contributed by atoms with Gasteiger partial charge in [-0.3, -0.25) is 9.78 Å². The largest absolute Gasteiger partial charge is 0.444 e. The maximum atomic E-state index is 13.4. The van der Waals surface area contributed by atoms with Crippen LogP contribution < -0.4 is 5.32 Å². The highest BCUT2D eigenvalue weighted by atomic mass is 19.3. The van der Waals surface area contributed by atoms with E-state index in [0.29, 0.717) is 54.4 Å². The van der Waals surface area contributed by atoms with Crippen LogP contribution in [0, 0.1) is 6.92 Å². The van der Waals surface area contributed by atoms with Crippen LogP contribution in [0.25, 0.3) is 17.1 Å². The summed E-state index contributed by atoms with van der Waals surface area (Å²) in [5.74, 6) is -2.76. The maximum absolute atomic E-state index is 13.4. The van der Waals surface area contributed by atoms with Gasteiger partial charge in [0.2, 0.25) is 5.89 Å². The summed E-state index contributed by atoms with van der Waals surface area (Å²) < 4.78 is 34.2. The Labute approximate surface area is 218 Å². The number of likely N-dealkylation sites (tertiary alicyclic amines) is 1. The second-order valence-corrected chi connectivity index (χ2v) is 10.3. The number of piperidine rings is 1. The zero-order valence-electron chi connectivity index (χ0n) is 21.5. The van der Waals surface area contributed by atoms with Gasteiger partial charge in [-0.2, -0.15) is 0 Å². The first-order valence-corrected chi connectivity index (χ1v) is 12.5. The number of alkyl halides is 2. The van der Waals surface area contributed by atoms with Crippen molar-refractivity contribution in [1.82, 2.24) is 24.3 Å². The van der Waals surface area contributed by atoms with Crippen LogP contribution in [0.4, 0.5) is 14.5 Å². The minimum Gasteiger partial charge on any atom is -0.444 e. The zero-order chi connectivity index (χ0) is 27.1. The number of hydrogen-bond donors (Lipinski definition) is 2. The average molecular weight is 525 g/mol. The molecule has 1 fully saturated rings. The molecule has 4 aromatic heterocycles. The molecule has 9 nitrogen and oxygen atoms in total. The number of amides is 1. The van der Waals surface area contributed by atoms with Crippen LogP contribution in [0.2, 0.25) is 0 Å². The van der Waals surface area contributed by atoms with E-state index in [9.17, 15) is 18.7 Å². The van der Waals surface area contributed by atoms with Crippen molar-refractivity contribution in [1.29, 1.82) is 0 Å². The molecule has 5 rings (SSSR count). The fourth-order valence-corrected chi connectivity index (χ4v) is 4.56. The SMILES string of the molecule is Cc1cc(-c2nc(C(=O)Nc3cn4cc(CCN5CCC(F)(F)CC5)nc4cc3C(C)(C)O)co2)ccn1. The van der Waals surface area contributed by atoms with Crippen molar-refractivity contribution in [3.63, 3.8) is 0 Å². The minimum atomic E-state index is -2.57. The van der Waals surface area contributed by atoms with E-state index in [4.69, 9.17) is 4.42 Å². The van der Waals surface area contributed by atoms with E-state index in [1.54, 1.807) is 42.8 Å². The summed E-state index contributed by atoms with van der Waals surface area (Å²) in [7, 11) is 0. The highest BCUT2D eigenvalue weighted by molar-refractivity contribution is 6.03. The first-order chi connectivity index (χ1) is 18.0. The molecule has 2 N–H and O–H groups in total. The Bertz CT molecular complexity index is 1460. The van der Waals surface area contributed by atoms with Gasteiger partial charge in [0.1, 0.15) is 11.9 Å². The summed E-state index contributed by atoms with van der Waals surface area (Å²) >= 11 is 0. The van der Waals surface area contributed by atoms with E-state index in [2.05, 4.69) is 20.3 Å². The topological polar surface area (TPSA) is 109 Å². The molecule has 0 saturated carbocycles. The average Bonchev–Trinajstić information content (AvgIpc) is 3.49. The number of hydrogen-bond acceptors (Lipinski definition) is 7. The van der Waals surface area contributed by atoms with Crippen molar-refractivity contribution < 1.29 is 23.1 Å². The molecule has 0 spiro atoms. The molecule has 0 atom stereocenters. The number of pyridine rings is 2. The van der Waals surface area contributed by atoms with Gasteiger partial charge in [0, 0.05) is 74.3 Å². The molecule has 1 amide bonds. The normalized spacial score (nSPS) is 16.2. The van der Waals surface area contributed by atoms with Gasteiger partial charge in [0.15, 0.2) is 5.69 Å². The second kappa shape index (κ2) is 9.88. The lowest BCUT2D eigenvalue weighted by atomic mass is 9.97. The van der Waals surface area contributed by atoms with Crippen LogP contribution in [0.3, 0.4) is 0 Å². The van der Waals surface area contributed by atoms with Crippen LogP contribution in [0.5, 0.6) is 0 Å². The molecule has 1 aliphatic rings. The third kappa shape index (κ3) is 5.73. The van der Waals surface area contributed by atoms with Gasteiger partial charge in [0.05, 0.1) is 17.0 Å². The summed E-state index contributed by atoms with van der Waals surface area (Å²) in [4.78, 5) is 28.2. The number of aryl methyl sites for hydroxylation is 1. The van der Waals surface area contributed by atoms with Gasteiger partial charge in [-0.15, -0.1) is 0 Å². The van der Waals surface area contributed by atoms with Crippen molar-refractivity contribution in [2.75, 3.05) is 25.0 Å². The van der Waals surface area contributed by atoms with Crippen molar-refractivity contribution in [3.05, 3.63) is 65.7 Å². The Balaban J connectivity index is 1.35. The summed E-state index contributed by atoms with van der Waals surface area (Å²) in [6.07, 6.45) is 6.83. The third-order valence-corrected chi connectivity index (χ3v) is 6.70. The summed E-state index contributed by atoms with van der Waals surface area (Å²) in [5.41, 5.74) is 2.63. The Morgan fingerprint density at radius 2 is 1.97 bits per heavy atom. The molecule has 5 heterocycles. The van der Waals surface area contributed by atoms with E-state index in [0.717, 1.165) is 11.4 Å². The zero-order valence-corrected chi connectivity index (χ0v) is 21.5. The summed E-state index contributed by atoms with van der Waals surface area (Å²) in [6, 6.07) is 5.29. The quantitative estimate of drug-likeness (QED) is 0.368.